The van der Waals surface area contributed by atoms with Crippen LogP contribution >= 0.6 is 23.8 Å². The number of carbonyl (C=O) groups is 1. The Kier molecular flexibility index (Phi) is 8.40. The van der Waals surface area contributed by atoms with Gasteiger partial charge < -0.3 is 14.8 Å². The lowest BCUT2D eigenvalue weighted by Crippen LogP contribution is -2.48. The average molecular weight is 499 g/mol. The number of H-pyrrole nitrogens is 1. The molecule has 0 saturated carbocycles. The van der Waals surface area contributed by atoms with Gasteiger partial charge in [0.2, 0.25) is 5.91 Å². The van der Waals surface area contributed by atoms with Gasteiger partial charge in [-0.15, -0.1) is 0 Å². The van der Waals surface area contributed by atoms with Crippen molar-refractivity contribution < 1.29 is 4.79 Å². The second-order valence-corrected chi connectivity index (χ2v) is 9.62. The molecular weight excluding hydrogens is 468 g/mol. The number of amides is 1. The third-order valence-corrected chi connectivity index (χ3v) is 7.03. The van der Waals surface area contributed by atoms with Crippen molar-refractivity contribution in [3.8, 4) is 0 Å². The first-order chi connectivity index (χ1) is 16.5. The van der Waals surface area contributed by atoms with E-state index in [-0.39, 0.29) is 11.5 Å². The number of halogens is 1. The Hall–Kier alpha value is -2.64. The third-order valence-electron chi connectivity index (χ3n) is 6.47. The Balaban J connectivity index is 1.13. The fourth-order valence-electron chi connectivity index (χ4n) is 4.52. The summed E-state index contributed by atoms with van der Waals surface area (Å²) in [6.45, 7) is 3.80. The molecule has 2 heterocycles. The lowest BCUT2D eigenvalue weighted by atomic mass is 10.1. The van der Waals surface area contributed by atoms with Crippen molar-refractivity contribution in [2.75, 3.05) is 31.1 Å². The molecule has 0 radical (unpaired) electrons. The van der Waals surface area contributed by atoms with Crippen LogP contribution in [0.1, 0.15) is 38.5 Å². The second-order valence-electron chi connectivity index (χ2n) is 8.80. The number of hydrogen-bond donors (Lipinski definition) is 1. The number of rotatable bonds is 9. The van der Waals surface area contributed by atoms with Crippen molar-refractivity contribution in [1.29, 1.82) is 0 Å². The molecule has 8 heteroatoms. The van der Waals surface area contributed by atoms with Crippen LogP contribution in [-0.4, -0.2) is 46.5 Å². The second kappa shape index (κ2) is 11.7. The van der Waals surface area contributed by atoms with E-state index in [0.717, 1.165) is 74.5 Å². The summed E-state index contributed by atoms with van der Waals surface area (Å²) >= 11 is 11.5. The van der Waals surface area contributed by atoms with Gasteiger partial charge in [-0.05, 0) is 55.4 Å². The number of fused-ring (bicyclic) bond motifs is 1. The maximum atomic E-state index is 12.7. The SMILES string of the molecule is O=C(CCCCCCCn1c(=S)[nH]c2ccccc2c1=O)N1CCN(c2cccc(Cl)c2)CC1. The molecule has 34 heavy (non-hydrogen) atoms. The lowest BCUT2D eigenvalue weighted by molar-refractivity contribution is -0.131. The predicted octanol–water partition coefficient (Wildman–Crippen LogP) is 5.40. The number of unbranched alkanes of at least 4 members (excludes halogenated alkanes) is 4. The van der Waals surface area contributed by atoms with Crippen LogP contribution < -0.4 is 10.5 Å². The van der Waals surface area contributed by atoms with Gasteiger partial charge in [0.1, 0.15) is 0 Å². The van der Waals surface area contributed by atoms with Crippen molar-refractivity contribution in [2.24, 2.45) is 0 Å². The monoisotopic (exact) mass is 498 g/mol. The minimum Gasteiger partial charge on any atom is -0.368 e. The zero-order valence-electron chi connectivity index (χ0n) is 19.3. The maximum absolute atomic E-state index is 12.7. The van der Waals surface area contributed by atoms with Crippen LogP contribution in [0.4, 0.5) is 5.69 Å². The van der Waals surface area contributed by atoms with Crippen LogP contribution in [0.3, 0.4) is 0 Å². The van der Waals surface area contributed by atoms with E-state index in [9.17, 15) is 9.59 Å². The van der Waals surface area contributed by atoms with Gasteiger partial charge in [-0.1, -0.05) is 49.1 Å². The Morgan fingerprint density at radius 3 is 2.47 bits per heavy atom. The summed E-state index contributed by atoms with van der Waals surface area (Å²) in [5, 5.41) is 1.41. The summed E-state index contributed by atoms with van der Waals surface area (Å²) in [5.41, 5.74) is 1.87. The summed E-state index contributed by atoms with van der Waals surface area (Å²) in [6, 6.07) is 15.3. The highest BCUT2D eigenvalue weighted by atomic mass is 35.5. The normalized spacial score (nSPS) is 14.0. The molecule has 1 fully saturated rings. The fraction of sp³-hybridized carbons (Fsp3) is 0.423. The number of hydrogen-bond acceptors (Lipinski definition) is 4. The molecule has 0 aliphatic carbocycles. The zero-order chi connectivity index (χ0) is 23.9. The molecule has 0 atom stereocenters. The van der Waals surface area contributed by atoms with Gasteiger partial charge in [0, 0.05) is 49.9 Å². The maximum Gasteiger partial charge on any atom is 0.262 e. The summed E-state index contributed by atoms with van der Waals surface area (Å²) in [6.07, 6.45) is 5.49. The largest absolute Gasteiger partial charge is 0.368 e. The first-order valence-electron chi connectivity index (χ1n) is 12.0. The van der Waals surface area contributed by atoms with E-state index < -0.39 is 0 Å². The standard InChI is InChI=1S/C26H31ClN4O2S/c27-20-9-8-10-21(19-20)29-15-17-30(18-16-29)24(32)13-4-2-1-3-7-14-31-25(33)22-11-5-6-12-23(22)28-26(31)34/h5-6,8-12,19H,1-4,7,13-18H2,(H,28,34). The Labute approximate surface area is 210 Å². The third kappa shape index (κ3) is 6.07. The minimum atomic E-state index is -0.0274. The first-order valence-corrected chi connectivity index (χ1v) is 12.8. The number of nitrogens with zero attached hydrogens (tertiary/aromatic N) is 3. The van der Waals surface area contributed by atoms with Crippen molar-refractivity contribution in [2.45, 2.75) is 45.1 Å². The van der Waals surface area contributed by atoms with Gasteiger partial charge in [-0.2, -0.15) is 0 Å². The molecule has 1 amide bonds. The molecule has 180 valence electrons. The highest BCUT2D eigenvalue weighted by molar-refractivity contribution is 7.71. The van der Waals surface area contributed by atoms with Crippen LogP contribution in [0, 0.1) is 4.77 Å². The van der Waals surface area contributed by atoms with E-state index in [0.29, 0.717) is 23.1 Å². The number of piperazine rings is 1. The number of para-hydroxylation sites is 1. The van der Waals surface area contributed by atoms with Gasteiger partial charge in [0.15, 0.2) is 4.77 Å². The Morgan fingerprint density at radius 1 is 0.941 bits per heavy atom. The zero-order valence-corrected chi connectivity index (χ0v) is 20.9. The van der Waals surface area contributed by atoms with Crippen molar-refractivity contribution >= 4 is 46.3 Å². The van der Waals surface area contributed by atoms with Crippen LogP contribution in [0.5, 0.6) is 0 Å². The Morgan fingerprint density at radius 2 is 1.68 bits per heavy atom. The molecule has 1 saturated heterocycles. The fourth-order valence-corrected chi connectivity index (χ4v) is 4.99. The summed E-state index contributed by atoms with van der Waals surface area (Å²) < 4.78 is 2.13. The summed E-state index contributed by atoms with van der Waals surface area (Å²) in [4.78, 5) is 32.7. The van der Waals surface area contributed by atoms with E-state index in [1.807, 2.05) is 47.4 Å². The Bertz CT molecular complexity index is 1250. The van der Waals surface area contributed by atoms with Crippen LogP contribution in [0.2, 0.25) is 5.02 Å². The molecule has 0 unspecified atom stereocenters. The van der Waals surface area contributed by atoms with Crippen molar-refractivity contribution in [1.82, 2.24) is 14.5 Å². The molecule has 3 aromatic rings. The van der Waals surface area contributed by atoms with Crippen LogP contribution in [0.25, 0.3) is 10.9 Å². The van der Waals surface area contributed by atoms with Crippen molar-refractivity contribution in [3.63, 3.8) is 0 Å². The molecule has 0 spiro atoms. The quantitative estimate of drug-likeness (QED) is 0.317. The molecule has 1 N–H and O–H groups in total. The van der Waals surface area contributed by atoms with Crippen LogP contribution in [0.15, 0.2) is 53.3 Å². The topological polar surface area (TPSA) is 61.3 Å². The highest BCUT2D eigenvalue weighted by Crippen LogP contribution is 2.21. The molecular formula is C26H31ClN4O2S. The number of aromatic amines is 1. The highest BCUT2D eigenvalue weighted by Gasteiger charge is 2.21. The predicted molar refractivity (Wildman–Crippen MR) is 141 cm³/mol. The number of aromatic nitrogens is 2. The number of nitrogens with one attached hydrogen (secondary N) is 1. The molecule has 1 aliphatic rings. The number of anilines is 1. The van der Waals surface area contributed by atoms with E-state index in [1.165, 1.54) is 0 Å². The number of benzene rings is 2. The van der Waals surface area contributed by atoms with E-state index in [4.69, 9.17) is 23.8 Å². The van der Waals surface area contributed by atoms with E-state index >= 15 is 0 Å². The van der Waals surface area contributed by atoms with Gasteiger partial charge in [-0.3, -0.25) is 14.2 Å². The molecule has 1 aliphatic heterocycles. The molecule has 2 aromatic carbocycles. The smallest absolute Gasteiger partial charge is 0.262 e. The molecule has 6 nitrogen and oxygen atoms in total. The summed E-state index contributed by atoms with van der Waals surface area (Å²) in [5.74, 6) is 0.250. The van der Waals surface area contributed by atoms with Gasteiger partial charge in [0.25, 0.3) is 5.56 Å². The van der Waals surface area contributed by atoms with E-state index in [1.54, 1.807) is 4.57 Å². The van der Waals surface area contributed by atoms with Crippen LogP contribution in [-0.2, 0) is 11.3 Å². The summed E-state index contributed by atoms with van der Waals surface area (Å²) in [7, 11) is 0. The molecule has 4 rings (SSSR count). The van der Waals surface area contributed by atoms with E-state index in [2.05, 4.69) is 16.0 Å². The first kappa shape index (κ1) is 24.5. The average Bonchev–Trinajstić information content (AvgIpc) is 2.85. The minimum absolute atomic E-state index is 0.0274. The lowest BCUT2D eigenvalue weighted by Gasteiger charge is -2.36. The van der Waals surface area contributed by atoms with Crippen molar-refractivity contribution in [3.05, 3.63) is 68.7 Å². The van der Waals surface area contributed by atoms with Gasteiger partial charge >= 0.3 is 0 Å². The van der Waals surface area contributed by atoms with Gasteiger partial charge in [-0.25, -0.2) is 0 Å². The molecule has 1 aromatic heterocycles. The van der Waals surface area contributed by atoms with Gasteiger partial charge in [0.05, 0.1) is 10.9 Å². The number of carbonyl (C=O) groups excluding carboxylic acids is 1. The molecule has 0 bridgehead atoms.